The highest BCUT2D eigenvalue weighted by Crippen LogP contribution is 2.14. The van der Waals surface area contributed by atoms with Gasteiger partial charge in [-0.15, -0.1) is 0 Å². The first-order valence-electron chi connectivity index (χ1n) is 25.7. The van der Waals surface area contributed by atoms with E-state index in [1.54, 1.807) is 6.07 Å². The normalized spacial score (nSPS) is 11.6. The fraction of sp³-hybridized carbons (Fsp3) is 0.846. The molecule has 0 radical (unpaired) electrons. The third-order valence-corrected chi connectivity index (χ3v) is 12.1. The smallest absolute Gasteiger partial charge is 0.251 e. The van der Waals surface area contributed by atoms with E-state index < -0.39 is 0 Å². The summed E-state index contributed by atoms with van der Waals surface area (Å²) in [6.45, 7) is 16.6. The van der Waals surface area contributed by atoms with Gasteiger partial charge in [-0.25, -0.2) is 0 Å². The molecular weight excluding hydrogens is 713 g/mol. The van der Waals surface area contributed by atoms with Gasteiger partial charge in [-0.05, 0) is 70.1 Å². The second kappa shape index (κ2) is 41.8. The minimum atomic E-state index is -0.0874. The summed E-state index contributed by atoms with van der Waals surface area (Å²) in [5.41, 5.74) is 1.13. The Balaban J connectivity index is 2.57. The number of hydrogen-bond donors (Lipinski definition) is 2. The number of hydrogen-bond acceptors (Lipinski definition) is 4. The molecule has 0 atom stereocenters. The zero-order valence-electron chi connectivity index (χ0n) is 39.3. The Morgan fingerprint density at radius 3 is 0.862 bits per heavy atom. The molecule has 0 aliphatic carbocycles. The summed E-state index contributed by atoms with van der Waals surface area (Å²) < 4.78 is 0. The van der Waals surface area contributed by atoms with Gasteiger partial charge in [0, 0.05) is 37.3 Å². The maximum atomic E-state index is 13.3. The fourth-order valence-electron chi connectivity index (χ4n) is 8.21. The Morgan fingerprint density at radius 1 is 0.362 bits per heavy atom. The molecule has 0 spiro atoms. The molecule has 58 heavy (non-hydrogen) atoms. The number of rotatable bonds is 44. The number of carbonyl (C=O) groups excluding carboxylic acids is 2. The Kier molecular flexibility index (Phi) is 39.0. The van der Waals surface area contributed by atoms with Crippen LogP contribution in [0.15, 0.2) is 24.3 Å². The van der Waals surface area contributed by atoms with E-state index in [-0.39, 0.29) is 11.8 Å². The summed E-state index contributed by atoms with van der Waals surface area (Å²) in [4.78, 5) is 31.7. The number of carbonyl (C=O) groups is 2. The highest BCUT2D eigenvalue weighted by Gasteiger charge is 2.13. The summed E-state index contributed by atoms with van der Waals surface area (Å²) in [5.74, 6) is -0.175. The van der Waals surface area contributed by atoms with Crippen LogP contribution >= 0.6 is 0 Å². The molecule has 0 fully saturated rings. The van der Waals surface area contributed by atoms with Crippen molar-refractivity contribution < 1.29 is 9.59 Å². The largest absolute Gasteiger partial charge is 0.351 e. The van der Waals surface area contributed by atoms with E-state index in [9.17, 15) is 9.59 Å². The first kappa shape index (κ1) is 54.1. The molecule has 6 nitrogen and oxygen atoms in total. The van der Waals surface area contributed by atoms with Crippen molar-refractivity contribution in [3.63, 3.8) is 0 Å². The molecular formula is C52H98N4O2. The zero-order valence-corrected chi connectivity index (χ0v) is 39.3. The summed E-state index contributed by atoms with van der Waals surface area (Å²) in [6.07, 6.45) is 42.7. The number of nitrogens with zero attached hydrogens (tertiary/aromatic N) is 2. The molecule has 0 heterocycles. The lowest BCUT2D eigenvalue weighted by molar-refractivity contribution is 0.0947. The van der Waals surface area contributed by atoms with Crippen LogP contribution in [0.25, 0.3) is 0 Å². The van der Waals surface area contributed by atoms with Crippen molar-refractivity contribution in [1.82, 2.24) is 20.4 Å². The molecule has 2 N–H and O–H groups in total. The minimum absolute atomic E-state index is 0.0874. The van der Waals surface area contributed by atoms with Crippen LogP contribution in [0.2, 0.25) is 0 Å². The van der Waals surface area contributed by atoms with Crippen molar-refractivity contribution in [2.24, 2.45) is 0 Å². The van der Waals surface area contributed by atoms with Crippen molar-refractivity contribution in [3.8, 4) is 0 Å². The molecule has 0 aliphatic rings. The third kappa shape index (κ3) is 32.9. The van der Waals surface area contributed by atoms with Gasteiger partial charge in [0.1, 0.15) is 0 Å². The number of amides is 2. The van der Waals surface area contributed by atoms with Gasteiger partial charge in [-0.3, -0.25) is 9.59 Å². The van der Waals surface area contributed by atoms with E-state index in [2.05, 4.69) is 48.1 Å². The van der Waals surface area contributed by atoms with E-state index in [0.717, 1.165) is 39.3 Å². The highest BCUT2D eigenvalue weighted by molar-refractivity contribution is 5.99. The van der Waals surface area contributed by atoms with Crippen LogP contribution in [0, 0.1) is 0 Å². The summed E-state index contributed by atoms with van der Waals surface area (Å²) >= 11 is 0. The van der Waals surface area contributed by atoms with Crippen molar-refractivity contribution in [2.75, 3.05) is 52.4 Å². The Bertz CT molecular complexity index is 931. The molecule has 338 valence electrons. The van der Waals surface area contributed by atoms with Crippen LogP contribution in [0.1, 0.15) is 254 Å². The van der Waals surface area contributed by atoms with Gasteiger partial charge < -0.3 is 20.4 Å². The summed E-state index contributed by atoms with van der Waals surface area (Å²) in [5, 5.41) is 6.35. The average Bonchev–Trinajstić information content (AvgIpc) is 3.24. The lowest BCUT2D eigenvalue weighted by Gasteiger charge is -2.23. The van der Waals surface area contributed by atoms with E-state index >= 15 is 0 Å². The highest BCUT2D eigenvalue weighted by atomic mass is 16.2. The maximum Gasteiger partial charge on any atom is 0.251 e. The van der Waals surface area contributed by atoms with Crippen LogP contribution in [0.5, 0.6) is 0 Å². The van der Waals surface area contributed by atoms with Crippen molar-refractivity contribution >= 4 is 11.8 Å². The molecule has 0 unspecified atom stereocenters. The van der Waals surface area contributed by atoms with Crippen LogP contribution in [0.3, 0.4) is 0 Å². The topological polar surface area (TPSA) is 64.7 Å². The number of unbranched alkanes of at least 4 members (excludes halogenated alkanes) is 28. The van der Waals surface area contributed by atoms with E-state index in [0.29, 0.717) is 24.2 Å². The van der Waals surface area contributed by atoms with Gasteiger partial charge in [-0.1, -0.05) is 214 Å². The molecule has 0 saturated carbocycles. The summed E-state index contributed by atoms with van der Waals surface area (Å²) in [7, 11) is 0. The SMILES string of the molecule is CCCCCCCCCCN(CCCCCCCCCC)CCNC(=O)c1cccc(C(=O)NCCN(CCCCCCCCCC)CCCCCCCCCC)c1. The molecule has 0 bridgehead atoms. The van der Waals surface area contributed by atoms with Crippen LogP contribution in [0.4, 0.5) is 0 Å². The number of nitrogens with one attached hydrogen (secondary N) is 2. The van der Waals surface area contributed by atoms with Gasteiger partial charge >= 0.3 is 0 Å². The third-order valence-electron chi connectivity index (χ3n) is 12.1. The standard InChI is InChI=1S/C52H98N4O2/c1-5-9-13-17-21-25-29-33-42-55(43-34-30-26-22-18-14-10-6-2)46-40-53-51(57)49-38-37-39-50(48-49)52(58)54-41-47-56(44-35-31-27-23-19-15-11-7-3)45-36-32-28-24-20-16-12-8-4/h37-39,48H,5-36,40-47H2,1-4H3,(H,53,57)(H,54,58). The monoisotopic (exact) mass is 811 g/mol. The predicted molar refractivity (Wildman–Crippen MR) is 254 cm³/mol. The Hall–Kier alpha value is -1.92. The van der Waals surface area contributed by atoms with Gasteiger partial charge in [0.05, 0.1) is 0 Å². The van der Waals surface area contributed by atoms with E-state index in [4.69, 9.17) is 0 Å². The fourth-order valence-corrected chi connectivity index (χ4v) is 8.21. The lowest BCUT2D eigenvalue weighted by Crippen LogP contribution is -2.37. The quantitative estimate of drug-likeness (QED) is 0.0644. The number of benzene rings is 1. The Labute approximate surface area is 361 Å². The van der Waals surface area contributed by atoms with Gasteiger partial charge in [0.2, 0.25) is 0 Å². The Morgan fingerprint density at radius 2 is 0.603 bits per heavy atom. The van der Waals surface area contributed by atoms with Crippen molar-refractivity contribution in [3.05, 3.63) is 35.4 Å². The molecule has 1 aromatic rings. The van der Waals surface area contributed by atoms with Gasteiger partial charge in [0.15, 0.2) is 0 Å². The van der Waals surface area contributed by atoms with Crippen molar-refractivity contribution in [2.45, 2.75) is 233 Å². The average molecular weight is 811 g/mol. The van der Waals surface area contributed by atoms with Gasteiger partial charge in [0.25, 0.3) is 11.8 Å². The predicted octanol–water partition coefficient (Wildman–Crippen LogP) is 14.3. The molecule has 1 aromatic carbocycles. The second-order valence-electron chi connectivity index (χ2n) is 17.7. The van der Waals surface area contributed by atoms with Gasteiger partial charge in [-0.2, -0.15) is 0 Å². The lowest BCUT2D eigenvalue weighted by atomic mass is 10.1. The molecule has 0 aliphatic heterocycles. The second-order valence-corrected chi connectivity index (χ2v) is 17.7. The molecule has 0 aromatic heterocycles. The zero-order chi connectivity index (χ0) is 42.0. The van der Waals surface area contributed by atoms with Crippen LogP contribution < -0.4 is 10.6 Å². The van der Waals surface area contributed by atoms with E-state index in [1.165, 1.54) is 205 Å². The van der Waals surface area contributed by atoms with Crippen LogP contribution in [-0.4, -0.2) is 74.0 Å². The molecule has 2 amide bonds. The first-order chi connectivity index (χ1) is 28.5. The molecule has 1 rings (SSSR count). The van der Waals surface area contributed by atoms with Crippen LogP contribution in [-0.2, 0) is 0 Å². The van der Waals surface area contributed by atoms with Crippen molar-refractivity contribution in [1.29, 1.82) is 0 Å². The van der Waals surface area contributed by atoms with E-state index in [1.807, 2.05) is 18.2 Å². The maximum absolute atomic E-state index is 13.3. The molecule has 0 saturated heterocycles. The molecule has 6 heteroatoms. The minimum Gasteiger partial charge on any atom is -0.351 e. The summed E-state index contributed by atoms with van der Waals surface area (Å²) in [6, 6.07) is 7.28. The first-order valence-corrected chi connectivity index (χ1v) is 25.7.